The molecule has 1 aliphatic rings. The van der Waals surface area contributed by atoms with Crippen LogP contribution in [0.2, 0.25) is 0 Å². The summed E-state index contributed by atoms with van der Waals surface area (Å²) in [5.41, 5.74) is 0.561. The number of ether oxygens (including phenoxy) is 1. The summed E-state index contributed by atoms with van der Waals surface area (Å²) < 4.78 is 27.9. The summed E-state index contributed by atoms with van der Waals surface area (Å²) in [4.78, 5) is 14.5. The Morgan fingerprint density at radius 2 is 1.80 bits per heavy atom. The summed E-state index contributed by atoms with van der Waals surface area (Å²) >= 11 is 0. The number of benzene rings is 1. The topological polar surface area (TPSA) is 63.7 Å². The van der Waals surface area contributed by atoms with E-state index in [1.54, 1.807) is 12.1 Å². The van der Waals surface area contributed by atoms with Gasteiger partial charge in [0.25, 0.3) is 0 Å². The molecule has 0 spiro atoms. The van der Waals surface area contributed by atoms with Crippen LogP contribution in [-0.2, 0) is 14.6 Å². The van der Waals surface area contributed by atoms with Gasteiger partial charge in [-0.25, -0.2) is 8.42 Å². The monoisotopic (exact) mass is 297 g/mol. The molecular weight excluding hydrogens is 278 g/mol. The second kappa shape index (κ2) is 6.47. The van der Waals surface area contributed by atoms with Gasteiger partial charge < -0.3 is 4.74 Å². The van der Waals surface area contributed by atoms with Crippen molar-refractivity contribution in [2.24, 2.45) is 0 Å². The Morgan fingerprint density at radius 1 is 1.20 bits per heavy atom. The van der Waals surface area contributed by atoms with Gasteiger partial charge in [-0.05, 0) is 12.1 Å². The predicted octanol–water partition coefficient (Wildman–Crippen LogP) is 0.995. The maximum atomic E-state index is 12.0. The molecule has 1 aliphatic heterocycles. The summed E-state index contributed by atoms with van der Waals surface area (Å²) in [6.07, 6.45) is 1.60. The van der Waals surface area contributed by atoms with E-state index in [9.17, 15) is 13.2 Å². The lowest BCUT2D eigenvalue weighted by molar-refractivity contribution is 0.0370. The summed E-state index contributed by atoms with van der Waals surface area (Å²) in [6.45, 7) is 3.88. The fourth-order valence-electron chi connectivity index (χ4n) is 2.12. The first-order valence-corrected chi connectivity index (χ1v) is 8.49. The molecule has 1 fully saturated rings. The smallest absolute Gasteiger partial charge is 0.175 e. The highest BCUT2D eigenvalue weighted by Gasteiger charge is 2.14. The SMILES string of the molecule is CS(=O)(=O)c1ccc(C(=O)CCN2CCOCC2)cc1. The van der Waals surface area contributed by atoms with Gasteiger partial charge in [-0.2, -0.15) is 0 Å². The quantitative estimate of drug-likeness (QED) is 0.759. The van der Waals surface area contributed by atoms with Crippen LogP contribution in [0.25, 0.3) is 0 Å². The molecule has 0 radical (unpaired) electrons. The van der Waals surface area contributed by atoms with Crippen LogP contribution in [-0.4, -0.2) is 58.2 Å². The Labute approximate surface area is 119 Å². The van der Waals surface area contributed by atoms with Gasteiger partial charge in [0, 0.05) is 37.9 Å². The van der Waals surface area contributed by atoms with Crippen LogP contribution in [0.5, 0.6) is 0 Å². The standard InChI is InChI=1S/C14H19NO4S/c1-20(17,18)13-4-2-12(3-5-13)14(16)6-7-15-8-10-19-11-9-15/h2-5H,6-11H2,1H3. The summed E-state index contributed by atoms with van der Waals surface area (Å²) in [5.74, 6) is 0.0385. The van der Waals surface area contributed by atoms with E-state index < -0.39 is 9.84 Å². The third-order valence-corrected chi connectivity index (χ3v) is 4.49. The van der Waals surface area contributed by atoms with E-state index in [0.29, 0.717) is 12.0 Å². The summed E-state index contributed by atoms with van der Waals surface area (Å²) in [7, 11) is -3.21. The molecule has 1 aromatic rings. The van der Waals surface area contributed by atoms with Crippen LogP contribution in [0, 0.1) is 0 Å². The van der Waals surface area contributed by atoms with Crippen LogP contribution in [0.1, 0.15) is 16.8 Å². The number of nitrogens with zero attached hydrogens (tertiary/aromatic N) is 1. The number of sulfone groups is 1. The molecule has 1 saturated heterocycles. The van der Waals surface area contributed by atoms with Crippen molar-refractivity contribution in [2.45, 2.75) is 11.3 Å². The van der Waals surface area contributed by atoms with E-state index >= 15 is 0 Å². The van der Waals surface area contributed by atoms with Crippen molar-refractivity contribution in [3.8, 4) is 0 Å². The highest BCUT2D eigenvalue weighted by Crippen LogP contribution is 2.12. The minimum Gasteiger partial charge on any atom is -0.379 e. The lowest BCUT2D eigenvalue weighted by Crippen LogP contribution is -2.37. The number of morpholine rings is 1. The fraction of sp³-hybridized carbons (Fsp3) is 0.500. The van der Waals surface area contributed by atoms with Gasteiger partial charge in [0.2, 0.25) is 0 Å². The number of hydrogen-bond acceptors (Lipinski definition) is 5. The van der Waals surface area contributed by atoms with Gasteiger partial charge in [-0.1, -0.05) is 12.1 Å². The molecule has 0 atom stereocenters. The van der Waals surface area contributed by atoms with E-state index in [0.717, 1.165) is 39.1 Å². The fourth-order valence-corrected chi connectivity index (χ4v) is 2.75. The number of carbonyl (C=O) groups is 1. The Kier molecular flexibility index (Phi) is 4.91. The molecule has 1 aromatic carbocycles. The molecule has 20 heavy (non-hydrogen) atoms. The van der Waals surface area contributed by atoms with Crippen molar-refractivity contribution in [3.05, 3.63) is 29.8 Å². The van der Waals surface area contributed by atoms with Crippen LogP contribution >= 0.6 is 0 Å². The van der Waals surface area contributed by atoms with E-state index in [4.69, 9.17) is 4.74 Å². The molecule has 110 valence electrons. The third kappa shape index (κ3) is 4.13. The first kappa shape index (κ1) is 15.2. The maximum absolute atomic E-state index is 12.0. The number of rotatable bonds is 5. The average Bonchev–Trinajstić information content (AvgIpc) is 2.45. The van der Waals surface area contributed by atoms with Gasteiger partial charge in [-0.3, -0.25) is 9.69 Å². The zero-order valence-corrected chi connectivity index (χ0v) is 12.4. The molecule has 0 aliphatic carbocycles. The van der Waals surface area contributed by atoms with Crippen LogP contribution in [0.3, 0.4) is 0 Å². The molecule has 6 heteroatoms. The molecular formula is C14H19NO4S. The molecule has 2 rings (SSSR count). The number of hydrogen-bond donors (Lipinski definition) is 0. The number of ketones is 1. The minimum absolute atomic E-state index is 0.0385. The van der Waals surface area contributed by atoms with E-state index in [1.165, 1.54) is 12.1 Å². The third-order valence-electron chi connectivity index (χ3n) is 3.36. The van der Waals surface area contributed by atoms with Crippen LogP contribution in [0.15, 0.2) is 29.2 Å². The number of carbonyl (C=O) groups excluding carboxylic acids is 1. The molecule has 1 heterocycles. The Balaban J connectivity index is 1.92. The lowest BCUT2D eigenvalue weighted by Gasteiger charge is -2.26. The first-order valence-electron chi connectivity index (χ1n) is 6.60. The highest BCUT2D eigenvalue weighted by molar-refractivity contribution is 7.90. The summed E-state index contributed by atoms with van der Waals surface area (Å²) in [5, 5.41) is 0. The van der Waals surface area contributed by atoms with Gasteiger partial charge in [0.05, 0.1) is 18.1 Å². The van der Waals surface area contributed by atoms with Crippen molar-refractivity contribution >= 4 is 15.6 Å². The highest BCUT2D eigenvalue weighted by atomic mass is 32.2. The van der Waals surface area contributed by atoms with Crippen molar-refractivity contribution in [3.63, 3.8) is 0 Å². The van der Waals surface area contributed by atoms with Crippen LogP contribution < -0.4 is 0 Å². The second-order valence-corrected chi connectivity index (χ2v) is 6.94. The normalized spacial score (nSPS) is 17.1. The summed E-state index contributed by atoms with van der Waals surface area (Å²) in [6, 6.07) is 6.13. The van der Waals surface area contributed by atoms with E-state index in [1.807, 2.05) is 0 Å². The van der Waals surface area contributed by atoms with Gasteiger partial charge in [-0.15, -0.1) is 0 Å². The lowest BCUT2D eigenvalue weighted by atomic mass is 10.1. The predicted molar refractivity (Wildman–Crippen MR) is 75.8 cm³/mol. The van der Waals surface area contributed by atoms with Gasteiger partial charge >= 0.3 is 0 Å². The number of Topliss-reactive ketones (excluding diaryl/α,β-unsaturated/α-hetero) is 1. The second-order valence-electron chi connectivity index (χ2n) is 4.92. The van der Waals surface area contributed by atoms with Crippen molar-refractivity contribution in [1.82, 2.24) is 4.90 Å². The van der Waals surface area contributed by atoms with E-state index in [2.05, 4.69) is 4.90 Å². The zero-order chi connectivity index (χ0) is 14.6. The molecule has 0 unspecified atom stereocenters. The largest absolute Gasteiger partial charge is 0.379 e. The molecule has 0 aromatic heterocycles. The zero-order valence-electron chi connectivity index (χ0n) is 11.5. The van der Waals surface area contributed by atoms with Gasteiger partial charge in [0.1, 0.15) is 0 Å². The minimum atomic E-state index is -3.21. The first-order chi connectivity index (χ1) is 9.47. The van der Waals surface area contributed by atoms with Crippen molar-refractivity contribution in [1.29, 1.82) is 0 Å². The van der Waals surface area contributed by atoms with Crippen molar-refractivity contribution < 1.29 is 17.9 Å². The Bertz CT molecular complexity index is 559. The molecule has 0 bridgehead atoms. The molecule has 0 saturated carbocycles. The Hall–Kier alpha value is -1.24. The van der Waals surface area contributed by atoms with E-state index in [-0.39, 0.29) is 10.7 Å². The molecule has 0 amide bonds. The molecule has 0 N–H and O–H groups in total. The Morgan fingerprint density at radius 3 is 2.35 bits per heavy atom. The average molecular weight is 297 g/mol. The van der Waals surface area contributed by atoms with Gasteiger partial charge in [0.15, 0.2) is 15.6 Å². The molecule has 5 nitrogen and oxygen atoms in total. The van der Waals surface area contributed by atoms with Crippen LogP contribution in [0.4, 0.5) is 0 Å². The van der Waals surface area contributed by atoms with Crippen molar-refractivity contribution in [2.75, 3.05) is 39.1 Å². The maximum Gasteiger partial charge on any atom is 0.175 e.